The Hall–Kier alpha value is -1.39. The van der Waals surface area contributed by atoms with Gasteiger partial charge in [0, 0.05) is 19.2 Å². The lowest BCUT2D eigenvalue weighted by Gasteiger charge is -2.22. The summed E-state index contributed by atoms with van der Waals surface area (Å²) in [6, 6.07) is 10.1. The topological polar surface area (TPSA) is 52.6 Å². The number of hydrogen-bond donors (Lipinski definition) is 2. The molecule has 1 rings (SSSR count). The Kier molecular flexibility index (Phi) is 6.53. The monoisotopic (exact) mass is 264 g/mol. The lowest BCUT2D eigenvalue weighted by atomic mass is 10.1. The van der Waals surface area contributed by atoms with E-state index >= 15 is 0 Å². The van der Waals surface area contributed by atoms with Crippen LogP contribution in [0.15, 0.2) is 30.3 Å². The van der Waals surface area contributed by atoms with Gasteiger partial charge in [0.1, 0.15) is 0 Å². The molecule has 1 aromatic rings. The first-order valence-electron chi connectivity index (χ1n) is 6.65. The molecule has 0 saturated heterocycles. The van der Waals surface area contributed by atoms with E-state index in [4.69, 9.17) is 5.11 Å². The van der Waals surface area contributed by atoms with Gasteiger partial charge < -0.3 is 10.4 Å². The molecule has 4 nitrogen and oxygen atoms in total. The predicted octanol–water partition coefficient (Wildman–Crippen LogP) is 1.25. The van der Waals surface area contributed by atoms with E-state index in [0.717, 1.165) is 6.54 Å². The molecule has 0 radical (unpaired) electrons. The first kappa shape index (κ1) is 15.7. The zero-order chi connectivity index (χ0) is 14.3. The minimum atomic E-state index is -0.0115. The Morgan fingerprint density at radius 1 is 1.32 bits per heavy atom. The van der Waals surface area contributed by atoms with Gasteiger partial charge in [0.25, 0.3) is 0 Å². The third kappa shape index (κ3) is 5.85. The maximum absolute atomic E-state index is 11.8. The van der Waals surface area contributed by atoms with Crippen molar-refractivity contribution in [3.8, 4) is 0 Å². The van der Waals surface area contributed by atoms with Gasteiger partial charge in [-0.2, -0.15) is 0 Å². The van der Waals surface area contributed by atoms with Crippen molar-refractivity contribution in [1.29, 1.82) is 0 Å². The molecule has 106 valence electrons. The molecule has 0 saturated carbocycles. The van der Waals surface area contributed by atoms with Crippen molar-refractivity contribution < 1.29 is 9.90 Å². The highest BCUT2D eigenvalue weighted by Gasteiger charge is 2.14. The maximum atomic E-state index is 11.8. The Labute approximate surface area is 115 Å². The van der Waals surface area contributed by atoms with E-state index in [1.54, 1.807) is 0 Å². The van der Waals surface area contributed by atoms with E-state index in [2.05, 4.69) is 5.32 Å². The number of nitrogens with zero attached hydrogens (tertiary/aromatic N) is 1. The molecule has 0 spiro atoms. The average molecular weight is 264 g/mol. The predicted molar refractivity (Wildman–Crippen MR) is 76.6 cm³/mol. The normalized spacial score (nSPS) is 14.2. The highest BCUT2D eigenvalue weighted by molar-refractivity contribution is 5.78. The summed E-state index contributed by atoms with van der Waals surface area (Å²) < 4.78 is 0. The molecule has 0 aromatic heterocycles. The number of amides is 1. The number of aliphatic hydroxyl groups is 1. The van der Waals surface area contributed by atoms with Gasteiger partial charge in [-0.1, -0.05) is 37.3 Å². The van der Waals surface area contributed by atoms with Crippen molar-refractivity contribution in [1.82, 2.24) is 10.2 Å². The molecule has 0 fully saturated rings. The first-order valence-corrected chi connectivity index (χ1v) is 6.65. The van der Waals surface area contributed by atoms with Gasteiger partial charge in [0.15, 0.2) is 0 Å². The SMILES string of the molecule is CC(CO)C(C)NC(=O)CN(C)Cc1ccccc1. The van der Waals surface area contributed by atoms with Gasteiger partial charge in [-0.25, -0.2) is 0 Å². The fourth-order valence-corrected chi connectivity index (χ4v) is 1.80. The van der Waals surface area contributed by atoms with Crippen molar-refractivity contribution in [3.63, 3.8) is 0 Å². The second-order valence-electron chi connectivity index (χ2n) is 5.17. The van der Waals surface area contributed by atoms with Crippen LogP contribution in [0.3, 0.4) is 0 Å². The summed E-state index contributed by atoms with van der Waals surface area (Å²) in [6.07, 6.45) is 0. The zero-order valence-corrected chi connectivity index (χ0v) is 12.0. The minimum Gasteiger partial charge on any atom is -0.396 e. The van der Waals surface area contributed by atoms with Gasteiger partial charge in [-0.05, 0) is 25.5 Å². The molecule has 1 aromatic carbocycles. The summed E-state index contributed by atoms with van der Waals surface area (Å²) >= 11 is 0. The summed E-state index contributed by atoms with van der Waals surface area (Å²) in [5.41, 5.74) is 1.19. The van der Waals surface area contributed by atoms with Gasteiger partial charge in [0.05, 0.1) is 6.54 Å². The second-order valence-corrected chi connectivity index (χ2v) is 5.17. The van der Waals surface area contributed by atoms with Gasteiger partial charge in [-0.3, -0.25) is 9.69 Å². The fourth-order valence-electron chi connectivity index (χ4n) is 1.80. The highest BCUT2D eigenvalue weighted by Crippen LogP contribution is 2.03. The van der Waals surface area contributed by atoms with Crippen LogP contribution in [0.25, 0.3) is 0 Å². The van der Waals surface area contributed by atoms with Crippen LogP contribution in [0.4, 0.5) is 0 Å². The first-order chi connectivity index (χ1) is 9.02. The number of carbonyl (C=O) groups is 1. The molecule has 0 aliphatic carbocycles. The molecule has 4 heteroatoms. The smallest absolute Gasteiger partial charge is 0.234 e. The molecule has 19 heavy (non-hydrogen) atoms. The largest absolute Gasteiger partial charge is 0.396 e. The van der Waals surface area contributed by atoms with E-state index in [1.807, 2.05) is 56.1 Å². The van der Waals surface area contributed by atoms with E-state index in [9.17, 15) is 4.79 Å². The van der Waals surface area contributed by atoms with Crippen LogP contribution in [-0.4, -0.2) is 42.2 Å². The number of likely N-dealkylation sites (N-methyl/N-ethyl adjacent to an activating group) is 1. The molecule has 0 aliphatic rings. The number of carbonyl (C=O) groups excluding carboxylic acids is 1. The van der Waals surface area contributed by atoms with E-state index < -0.39 is 0 Å². The third-order valence-electron chi connectivity index (χ3n) is 3.24. The van der Waals surface area contributed by atoms with E-state index in [0.29, 0.717) is 6.54 Å². The number of rotatable bonds is 7. The van der Waals surface area contributed by atoms with Gasteiger partial charge in [-0.15, -0.1) is 0 Å². The summed E-state index contributed by atoms with van der Waals surface area (Å²) in [7, 11) is 1.92. The summed E-state index contributed by atoms with van der Waals surface area (Å²) in [6.45, 7) is 5.02. The number of benzene rings is 1. The summed E-state index contributed by atoms with van der Waals surface area (Å²) in [5, 5.41) is 11.9. The fraction of sp³-hybridized carbons (Fsp3) is 0.533. The van der Waals surface area contributed by atoms with E-state index in [-0.39, 0.29) is 24.5 Å². The molecule has 0 heterocycles. The average Bonchev–Trinajstić information content (AvgIpc) is 2.38. The Bertz CT molecular complexity index is 381. The maximum Gasteiger partial charge on any atom is 0.234 e. The van der Waals surface area contributed by atoms with Crippen molar-refractivity contribution in [2.24, 2.45) is 5.92 Å². The molecule has 0 aliphatic heterocycles. The number of aliphatic hydroxyl groups excluding tert-OH is 1. The zero-order valence-electron chi connectivity index (χ0n) is 12.0. The molecule has 2 atom stereocenters. The summed E-state index contributed by atoms with van der Waals surface area (Å²) in [4.78, 5) is 13.8. The highest BCUT2D eigenvalue weighted by atomic mass is 16.3. The molecule has 0 bridgehead atoms. The van der Waals surface area contributed by atoms with Crippen molar-refractivity contribution in [2.75, 3.05) is 20.2 Å². The van der Waals surface area contributed by atoms with Crippen LogP contribution in [-0.2, 0) is 11.3 Å². The van der Waals surface area contributed by atoms with Crippen LogP contribution in [0.5, 0.6) is 0 Å². The molecule has 1 amide bonds. The lowest BCUT2D eigenvalue weighted by molar-refractivity contribution is -0.123. The molecular formula is C15H24N2O2. The Morgan fingerprint density at radius 2 is 1.95 bits per heavy atom. The van der Waals surface area contributed by atoms with Gasteiger partial charge >= 0.3 is 0 Å². The molecular weight excluding hydrogens is 240 g/mol. The number of nitrogens with one attached hydrogen (secondary N) is 1. The number of hydrogen-bond acceptors (Lipinski definition) is 3. The quantitative estimate of drug-likeness (QED) is 0.779. The minimum absolute atomic E-state index is 0.00812. The van der Waals surface area contributed by atoms with Gasteiger partial charge in [0.2, 0.25) is 5.91 Å². The molecule has 2 unspecified atom stereocenters. The van der Waals surface area contributed by atoms with Crippen molar-refractivity contribution >= 4 is 5.91 Å². The van der Waals surface area contributed by atoms with Crippen molar-refractivity contribution in [2.45, 2.75) is 26.4 Å². The lowest BCUT2D eigenvalue weighted by Crippen LogP contribution is -2.43. The Morgan fingerprint density at radius 3 is 2.53 bits per heavy atom. The van der Waals surface area contributed by atoms with Crippen LogP contribution < -0.4 is 5.32 Å². The third-order valence-corrected chi connectivity index (χ3v) is 3.24. The second kappa shape index (κ2) is 7.92. The van der Waals surface area contributed by atoms with Crippen LogP contribution >= 0.6 is 0 Å². The molecule has 2 N–H and O–H groups in total. The van der Waals surface area contributed by atoms with Crippen LogP contribution in [0.2, 0.25) is 0 Å². The van der Waals surface area contributed by atoms with Crippen LogP contribution in [0.1, 0.15) is 19.4 Å². The van der Waals surface area contributed by atoms with Crippen LogP contribution in [0, 0.1) is 5.92 Å². The summed E-state index contributed by atoms with van der Waals surface area (Å²) in [5.74, 6) is 0.0645. The van der Waals surface area contributed by atoms with Crippen molar-refractivity contribution in [3.05, 3.63) is 35.9 Å². The van der Waals surface area contributed by atoms with E-state index in [1.165, 1.54) is 5.56 Å². The Balaban J connectivity index is 2.36. The standard InChI is InChI=1S/C15H24N2O2/c1-12(11-18)13(2)16-15(19)10-17(3)9-14-7-5-4-6-8-14/h4-8,12-13,18H,9-11H2,1-3H3,(H,16,19).